The minimum atomic E-state index is 0.408. The van der Waals surface area contributed by atoms with Crippen LogP contribution in [0.4, 0.5) is 5.69 Å². The van der Waals surface area contributed by atoms with Gasteiger partial charge in [0, 0.05) is 17.6 Å². The van der Waals surface area contributed by atoms with Crippen LogP contribution in [0.2, 0.25) is 10.0 Å². The third-order valence-corrected chi connectivity index (χ3v) is 3.95. The molecular formula is C13H18Cl2N2. The fourth-order valence-corrected chi connectivity index (χ4v) is 2.75. The molecule has 0 aliphatic heterocycles. The van der Waals surface area contributed by atoms with Crippen LogP contribution in [0.1, 0.15) is 25.7 Å². The molecule has 0 bridgehead atoms. The number of benzene rings is 1. The first-order valence-electron chi connectivity index (χ1n) is 6.09. The molecule has 2 nitrogen and oxygen atoms in total. The van der Waals surface area contributed by atoms with Gasteiger partial charge in [-0.2, -0.15) is 0 Å². The van der Waals surface area contributed by atoms with E-state index in [4.69, 9.17) is 28.9 Å². The zero-order chi connectivity index (χ0) is 12.3. The molecule has 4 heteroatoms. The number of hydrogen-bond acceptors (Lipinski definition) is 2. The summed E-state index contributed by atoms with van der Waals surface area (Å²) in [5.41, 5.74) is 6.85. The predicted octanol–water partition coefficient (Wildman–Crippen LogP) is 3.92. The van der Waals surface area contributed by atoms with Crippen LogP contribution in [-0.4, -0.2) is 12.6 Å². The summed E-state index contributed by atoms with van der Waals surface area (Å²) in [5, 5.41) is 4.75. The van der Waals surface area contributed by atoms with Crippen molar-refractivity contribution in [3.8, 4) is 0 Å². The Balaban J connectivity index is 1.85. The molecular weight excluding hydrogens is 255 g/mol. The molecule has 17 heavy (non-hydrogen) atoms. The topological polar surface area (TPSA) is 38.0 Å². The molecule has 1 aliphatic carbocycles. The smallest absolute Gasteiger partial charge is 0.0652 e. The van der Waals surface area contributed by atoms with Gasteiger partial charge in [-0.1, -0.05) is 23.2 Å². The third-order valence-electron chi connectivity index (χ3n) is 3.40. The van der Waals surface area contributed by atoms with Gasteiger partial charge >= 0.3 is 0 Å². The van der Waals surface area contributed by atoms with Crippen LogP contribution in [0.3, 0.4) is 0 Å². The van der Waals surface area contributed by atoms with E-state index in [1.807, 2.05) is 12.1 Å². The van der Waals surface area contributed by atoms with Crippen LogP contribution < -0.4 is 11.1 Å². The second-order valence-electron chi connectivity index (χ2n) is 4.79. The highest BCUT2D eigenvalue weighted by Gasteiger charge is 2.18. The largest absolute Gasteiger partial charge is 0.384 e. The van der Waals surface area contributed by atoms with Gasteiger partial charge in [0.15, 0.2) is 0 Å². The molecule has 0 radical (unpaired) electrons. The van der Waals surface area contributed by atoms with E-state index in [0.717, 1.165) is 25.1 Å². The van der Waals surface area contributed by atoms with Gasteiger partial charge in [-0.05, 0) is 49.8 Å². The first-order chi connectivity index (χ1) is 8.15. The van der Waals surface area contributed by atoms with Crippen molar-refractivity contribution in [1.29, 1.82) is 0 Å². The quantitative estimate of drug-likeness (QED) is 0.875. The SMILES string of the molecule is NC1CCC(CNc2ccc(Cl)cc2Cl)CC1. The maximum atomic E-state index is 6.10. The van der Waals surface area contributed by atoms with Crippen LogP contribution in [0, 0.1) is 5.92 Å². The lowest BCUT2D eigenvalue weighted by Gasteiger charge is -2.26. The molecule has 2 rings (SSSR count). The summed E-state index contributed by atoms with van der Waals surface area (Å²) in [6, 6.07) is 5.96. The van der Waals surface area contributed by atoms with Gasteiger partial charge < -0.3 is 11.1 Å². The van der Waals surface area contributed by atoms with Gasteiger partial charge in [-0.3, -0.25) is 0 Å². The Labute approximate surface area is 112 Å². The Kier molecular flexibility index (Phi) is 4.55. The number of hydrogen-bond donors (Lipinski definition) is 2. The summed E-state index contributed by atoms with van der Waals surface area (Å²) in [7, 11) is 0. The zero-order valence-corrected chi connectivity index (χ0v) is 11.3. The van der Waals surface area contributed by atoms with Crippen molar-refractivity contribution < 1.29 is 0 Å². The van der Waals surface area contributed by atoms with E-state index in [0.29, 0.717) is 22.0 Å². The molecule has 0 spiro atoms. The normalized spacial score (nSPS) is 24.6. The molecule has 3 N–H and O–H groups in total. The average Bonchev–Trinajstić information content (AvgIpc) is 2.30. The van der Waals surface area contributed by atoms with E-state index in [1.165, 1.54) is 12.8 Å². The maximum Gasteiger partial charge on any atom is 0.0652 e. The predicted molar refractivity (Wildman–Crippen MR) is 74.9 cm³/mol. The molecule has 0 aromatic heterocycles. The van der Waals surface area contributed by atoms with E-state index in [9.17, 15) is 0 Å². The van der Waals surface area contributed by atoms with E-state index in [2.05, 4.69) is 5.32 Å². The Morgan fingerprint density at radius 2 is 1.88 bits per heavy atom. The summed E-state index contributed by atoms with van der Waals surface area (Å²) in [6.07, 6.45) is 4.69. The lowest BCUT2D eigenvalue weighted by atomic mass is 9.86. The van der Waals surface area contributed by atoms with E-state index >= 15 is 0 Å². The Morgan fingerprint density at radius 3 is 2.53 bits per heavy atom. The minimum absolute atomic E-state index is 0.408. The van der Waals surface area contributed by atoms with Crippen LogP contribution in [0.15, 0.2) is 18.2 Å². The van der Waals surface area contributed by atoms with Gasteiger partial charge in [-0.25, -0.2) is 0 Å². The summed E-state index contributed by atoms with van der Waals surface area (Å²) in [6.45, 7) is 0.966. The first kappa shape index (κ1) is 13.0. The molecule has 0 amide bonds. The monoisotopic (exact) mass is 272 g/mol. The zero-order valence-electron chi connectivity index (χ0n) is 9.76. The second-order valence-corrected chi connectivity index (χ2v) is 5.63. The molecule has 0 saturated heterocycles. The van der Waals surface area contributed by atoms with Crippen molar-refractivity contribution in [2.24, 2.45) is 11.7 Å². The summed E-state index contributed by atoms with van der Waals surface area (Å²) >= 11 is 12.0. The fourth-order valence-electron chi connectivity index (χ4n) is 2.28. The van der Waals surface area contributed by atoms with Gasteiger partial charge in [0.25, 0.3) is 0 Å². The van der Waals surface area contributed by atoms with E-state index < -0.39 is 0 Å². The molecule has 1 aliphatic rings. The molecule has 1 aromatic carbocycles. The second kappa shape index (κ2) is 5.94. The lowest BCUT2D eigenvalue weighted by molar-refractivity contribution is 0.339. The molecule has 1 fully saturated rings. The highest BCUT2D eigenvalue weighted by Crippen LogP contribution is 2.27. The highest BCUT2D eigenvalue weighted by atomic mass is 35.5. The first-order valence-corrected chi connectivity index (χ1v) is 6.85. The van der Waals surface area contributed by atoms with Crippen LogP contribution in [-0.2, 0) is 0 Å². The Bertz CT molecular complexity index is 374. The van der Waals surface area contributed by atoms with Crippen molar-refractivity contribution in [2.75, 3.05) is 11.9 Å². The summed E-state index contributed by atoms with van der Waals surface area (Å²) < 4.78 is 0. The van der Waals surface area contributed by atoms with E-state index in [1.54, 1.807) is 6.07 Å². The van der Waals surface area contributed by atoms with E-state index in [-0.39, 0.29) is 0 Å². The molecule has 0 heterocycles. The van der Waals surface area contributed by atoms with Gasteiger partial charge in [0.05, 0.1) is 10.7 Å². The standard InChI is InChI=1S/C13H18Cl2N2/c14-10-3-6-13(12(15)7-10)17-8-9-1-4-11(16)5-2-9/h3,6-7,9,11,17H,1-2,4-5,8,16H2. The maximum absolute atomic E-state index is 6.10. The number of halogens is 2. The minimum Gasteiger partial charge on any atom is -0.384 e. The molecule has 1 saturated carbocycles. The van der Waals surface area contributed by atoms with Gasteiger partial charge in [-0.15, -0.1) is 0 Å². The Hall–Kier alpha value is -0.440. The Morgan fingerprint density at radius 1 is 1.18 bits per heavy atom. The number of nitrogens with two attached hydrogens (primary N) is 1. The number of nitrogens with one attached hydrogen (secondary N) is 1. The molecule has 94 valence electrons. The van der Waals surface area contributed by atoms with Crippen LogP contribution in [0.25, 0.3) is 0 Å². The highest BCUT2D eigenvalue weighted by molar-refractivity contribution is 6.36. The van der Waals surface area contributed by atoms with Gasteiger partial charge in [0.2, 0.25) is 0 Å². The van der Waals surface area contributed by atoms with Crippen molar-refractivity contribution in [1.82, 2.24) is 0 Å². The molecule has 0 atom stereocenters. The fraction of sp³-hybridized carbons (Fsp3) is 0.538. The third kappa shape index (κ3) is 3.77. The van der Waals surface area contributed by atoms with Crippen molar-refractivity contribution in [2.45, 2.75) is 31.7 Å². The summed E-state index contributed by atoms with van der Waals surface area (Å²) in [5.74, 6) is 0.710. The van der Waals surface area contributed by atoms with Crippen LogP contribution in [0.5, 0.6) is 0 Å². The van der Waals surface area contributed by atoms with Crippen molar-refractivity contribution in [3.63, 3.8) is 0 Å². The molecule has 1 aromatic rings. The van der Waals surface area contributed by atoms with Crippen molar-refractivity contribution in [3.05, 3.63) is 28.2 Å². The van der Waals surface area contributed by atoms with Crippen LogP contribution >= 0.6 is 23.2 Å². The number of rotatable bonds is 3. The average molecular weight is 273 g/mol. The number of anilines is 1. The molecule has 0 unspecified atom stereocenters. The summed E-state index contributed by atoms with van der Waals surface area (Å²) in [4.78, 5) is 0. The van der Waals surface area contributed by atoms with Gasteiger partial charge in [0.1, 0.15) is 0 Å². The van der Waals surface area contributed by atoms with Crippen molar-refractivity contribution >= 4 is 28.9 Å². The lowest BCUT2D eigenvalue weighted by Crippen LogP contribution is -2.29.